The zero-order valence-electron chi connectivity index (χ0n) is 14.3. The molecule has 2 aromatic carbocycles. The first-order valence-electron chi connectivity index (χ1n) is 8.00. The summed E-state index contributed by atoms with van der Waals surface area (Å²) >= 11 is 0. The molecule has 0 fully saturated rings. The van der Waals surface area contributed by atoms with Crippen molar-refractivity contribution in [1.82, 2.24) is 9.97 Å². The highest BCUT2D eigenvalue weighted by Gasteiger charge is 2.17. The molecule has 1 amide bonds. The molecule has 0 aliphatic rings. The van der Waals surface area contributed by atoms with Crippen molar-refractivity contribution in [2.45, 2.75) is 13.5 Å². The fourth-order valence-corrected chi connectivity index (χ4v) is 2.40. The van der Waals surface area contributed by atoms with Crippen LogP contribution in [0.4, 0.5) is 24.7 Å². The minimum absolute atomic E-state index is 0.0547. The van der Waals surface area contributed by atoms with Crippen LogP contribution < -0.4 is 10.6 Å². The van der Waals surface area contributed by atoms with E-state index in [4.69, 9.17) is 0 Å². The van der Waals surface area contributed by atoms with Crippen LogP contribution in [0.2, 0.25) is 0 Å². The van der Waals surface area contributed by atoms with Crippen molar-refractivity contribution in [3.8, 4) is 0 Å². The molecule has 0 spiro atoms. The van der Waals surface area contributed by atoms with Gasteiger partial charge in [0.05, 0.1) is 5.69 Å². The number of hydrogen-bond acceptors (Lipinski definition) is 4. The van der Waals surface area contributed by atoms with E-state index in [9.17, 15) is 18.0 Å². The standard InChI is InChI=1S/C19H15F3N4O/c1-11-3-2-4-12(7-11)9-23-16-8-15(24-10-25-16)19(27)26-14-6-5-13(20)17(21)18(14)22/h2-8,10H,9H2,1H3,(H,26,27)(H,23,24,25). The van der Waals surface area contributed by atoms with E-state index in [0.717, 1.165) is 23.3 Å². The number of rotatable bonds is 5. The number of nitrogens with zero attached hydrogens (tertiary/aromatic N) is 2. The third-order valence-electron chi connectivity index (χ3n) is 3.74. The molecule has 0 unspecified atom stereocenters. The van der Waals surface area contributed by atoms with E-state index in [2.05, 4.69) is 20.6 Å². The van der Waals surface area contributed by atoms with E-state index in [-0.39, 0.29) is 5.69 Å². The summed E-state index contributed by atoms with van der Waals surface area (Å²) in [6.07, 6.45) is 1.18. The Morgan fingerprint density at radius 3 is 2.63 bits per heavy atom. The zero-order valence-corrected chi connectivity index (χ0v) is 14.3. The molecule has 0 radical (unpaired) electrons. The summed E-state index contributed by atoms with van der Waals surface area (Å²) < 4.78 is 39.9. The van der Waals surface area contributed by atoms with E-state index >= 15 is 0 Å². The number of benzene rings is 2. The van der Waals surface area contributed by atoms with Crippen LogP contribution in [0.5, 0.6) is 0 Å². The highest BCUT2D eigenvalue weighted by atomic mass is 19.2. The number of halogens is 3. The predicted molar refractivity (Wildman–Crippen MR) is 94.8 cm³/mol. The lowest BCUT2D eigenvalue weighted by Crippen LogP contribution is -2.16. The first-order valence-corrected chi connectivity index (χ1v) is 8.00. The lowest BCUT2D eigenvalue weighted by molar-refractivity contribution is 0.102. The normalized spacial score (nSPS) is 10.5. The molecule has 27 heavy (non-hydrogen) atoms. The van der Waals surface area contributed by atoms with Gasteiger partial charge in [-0.2, -0.15) is 0 Å². The van der Waals surface area contributed by atoms with Gasteiger partial charge in [-0.3, -0.25) is 4.79 Å². The van der Waals surface area contributed by atoms with E-state index in [1.807, 2.05) is 31.2 Å². The Bertz CT molecular complexity index is 994. The van der Waals surface area contributed by atoms with Crippen molar-refractivity contribution >= 4 is 17.4 Å². The van der Waals surface area contributed by atoms with Crippen molar-refractivity contribution in [3.05, 3.63) is 83.1 Å². The molecule has 0 saturated heterocycles. The van der Waals surface area contributed by atoms with Crippen LogP contribution in [0.1, 0.15) is 21.6 Å². The Labute approximate surface area is 153 Å². The molecule has 0 atom stereocenters. The van der Waals surface area contributed by atoms with Gasteiger partial charge in [-0.1, -0.05) is 29.8 Å². The topological polar surface area (TPSA) is 66.9 Å². The SMILES string of the molecule is Cc1cccc(CNc2cc(C(=O)Nc3ccc(F)c(F)c3F)ncn2)c1. The average Bonchev–Trinajstić information content (AvgIpc) is 2.67. The molecule has 0 saturated carbocycles. The largest absolute Gasteiger partial charge is 0.366 e. The van der Waals surface area contributed by atoms with Crippen LogP contribution in [0.15, 0.2) is 48.8 Å². The van der Waals surface area contributed by atoms with Gasteiger partial charge < -0.3 is 10.6 Å². The van der Waals surface area contributed by atoms with Gasteiger partial charge in [0.15, 0.2) is 17.5 Å². The molecule has 0 bridgehead atoms. The van der Waals surface area contributed by atoms with Crippen LogP contribution >= 0.6 is 0 Å². The second-order valence-corrected chi connectivity index (χ2v) is 5.81. The van der Waals surface area contributed by atoms with Crippen LogP contribution in [-0.4, -0.2) is 15.9 Å². The maximum atomic E-state index is 13.7. The lowest BCUT2D eigenvalue weighted by Gasteiger charge is -2.09. The molecule has 1 aromatic heterocycles. The molecule has 5 nitrogen and oxygen atoms in total. The van der Waals surface area contributed by atoms with Crippen molar-refractivity contribution in [2.75, 3.05) is 10.6 Å². The quantitative estimate of drug-likeness (QED) is 0.663. The number of aromatic nitrogens is 2. The first-order chi connectivity index (χ1) is 12.9. The van der Waals surface area contributed by atoms with Crippen molar-refractivity contribution in [1.29, 1.82) is 0 Å². The van der Waals surface area contributed by atoms with Gasteiger partial charge in [0.2, 0.25) is 0 Å². The van der Waals surface area contributed by atoms with Crippen molar-refractivity contribution in [2.24, 2.45) is 0 Å². The monoisotopic (exact) mass is 372 g/mol. The average molecular weight is 372 g/mol. The zero-order chi connectivity index (χ0) is 19.4. The summed E-state index contributed by atoms with van der Waals surface area (Å²) in [5, 5.41) is 5.22. The summed E-state index contributed by atoms with van der Waals surface area (Å²) in [7, 11) is 0. The van der Waals surface area contributed by atoms with Crippen LogP contribution in [0, 0.1) is 24.4 Å². The Morgan fingerprint density at radius 1 is 1.04 bits per heavy atom. The van der Waals surface area contributed by atoms with Gasteiger partial charge in [-0.15, -0.1) is 0 Å². The fraction of sp³-hybridized carbons (Fsp3) is 0.105. The van der Waals surface area contributed by atoms with E-state index < -0.39 is 29.0 Å². The smallest absolute Gasteiger partial charge is 0.274 e. The molecule has 3 aromatic rings. The molecular formula is C19H15F3N4O. The molecule has 0 aliphatic heterocycles. The van der Waals surface area contributed by atoms with Crippen LogP contribution in [0.25, 0.3) is 0 Å². The third kappa shape index (κ3) is 4.41. The lowest BCUT2D eigenvalue weighted by atomic mass is 10.1. The minimum Gasteiger partial charge on any atom is -0.366 e. The third-order valence-corrected chi connectivity index (χ3v) is 3.74. The summed E-state index contributed by atoms with van der Waals surface area (Å²) in [4.78, 5) is 20.1. The summed E-state index contributed by atoms with van der Waals surface area (Å²) in [5.74, 6) is -4.86. The first kappa shape index (κ1) is 18.4. The number of hydrogen-bond donors (Lipinski definition) is 2. The molecule has 3 rings (SSSR count). The Balaban J connectivity index is 1.71. The molecule has 2 N–H and O–H groups in total. The van der Waals surface area contributed by atoms with Gasteiger partial charge in [0.1, 0.15) is 17.8 Å². The second-order valence-electron chi connectivity index (χ2n) is 5.81. The molecular weight excluding hydrogens is 357 g/mol. The summed E-state index contributed by atoms with van der Waals surface area (Å²) in [6.45, 7) is 2.46. The number of nitrogens with one attached hydrogen (secondary N) is 2. The van der Waals surface area contributed by atoms with Crippen LogP contribution in [0.3, 0.4) is 0 Å². The highest BCUT2D eigenvalue weighted by Crippen LogP contribution is 2.20. The Hall–Kier alpha value is -3.42. The molecule has 138 valence electrons. The minimum atomic E-state index is -1.66. The van der Waals surface area contributed by atoms with Crippen LogP contribution in [-0.2, 0) is 6.54 Å². The van der Waals surface area contributed by atoms with Gasteiger partial charge in [-0.25, -0.2) is 23.1 Å². The van der Waals surface area contributed by atoms with Crippen molar-refractivity contribution in [3.63, 3.8) is 0 Å². The maximum Gasteiger partial charge on any atom is 0.274 e. The van der Waals surface area contributed by atoms with E-state index in [1.54, 1.807) is 0 Å². The predicted octanol–water partition coefficient (Wildman–Crippen LogP) is 4.07. The fourth-order valence-electron chi connectivity index (χ4n) is 2.40. The Kier molecular flexibility index (Phi) is 5.35. The second kappa shape index (κ2) is 7.86. The maximum absolute atomic E-state index is 13.7. The number of carbonyl (C=O) groups is 1. The van der Waals surface area contributed by atoms with Gasteiger partial charge in [-0.05, 0) is 24.6 Å². The molecule has 8 heteroatoms. The summed E-state index contributed by atoms with van der Waals surface area (Å²) in [5.41, 5.74) is 1.61. The van der Waals surface area contributed by atoms with Crippen molar-refractivity contribution < 1.29 is 18.0 Å². The summed E-state index contributed by atoms with van der Waals surface area (Å²) in [6, 6.07) is 10.9. The van der Waals surface area contributed by atoms with E-state index in [0.29, 0.717) is 12.4 Å². The number of amides is 1. The number of carbonyl (C=O) groups excluding carboxylic acids is 1. The van der Waals surface area contributed by atoms with Gasteiger partial charge in [0.25, 0.3) is 5.91 Å². The highest BCUT2D eigenvalue weighted by molar-refractivity contribution is 6.03. The number of anilines is 2. The Morgan fingerprint density at radius 2 is 1.85 bits per heavy atom. The molecule has 1 heterocycles. The molecule has 0 aliphatic carbocycles. The van der Waals surface area contributed by atoms with Gasteiger partial charge in [0, 0.05) is 12.6 Å². The van der Waals surface area contributed by atoms with E-state index in [1.165, 1.54) is 12.4 Å². The van der Waals surface area contributed by atoms with Gasteiger partial charge >= 0.3 is 0 Å². The number of aryl methyl sites for hydroxylation is 1.